The van der Waals surface area contributed by atoms with Crippen LogP contribution < -0.4 is 4.74 Å². The molecule has 0 spiro atoms. The number of esters is 1. The van der Waals surface area contributed by atoms with Gasteiger partial charge in [-0.15, -0.1) is 0 Å². The molecule has 0 saturated carbocycles. The lowest BCUT2D eigenvalue weighted by Crippen LogP contribution is -2.17. The Morgan fingerprint density at radius 1 is 1.00 bits per heavy atom. The van der Waals surface area contributed by atoms with Crippen molar-refractivity contribution in [2.24, 2.45) is 0 Å². The van der Waals surface area contributed by atoms with E-state index in [1.807, 2.05) is 39.0 Å². The second-order valence-electron chi connectivity index (χ2n) is 7.91. The van der Waals surface area contributed by atoms with E-state index in [-0.39, 0.29) is 11.4 Å². The van der Waals surface area contributed by atoms with Crippen LogP contribution in [0.3, 0.4) is 0 Å². The van der Waals surface area contributed by atoms with Gasteiger partial charge in [-0.05, 0) is 42.9 Å². The summed E-state index contributed by atoms with van der Waals surface area (Å²) < 4.78 is 5.61. The van der Waals surface area contributed by atoms with Crippen molar-refractivity contribution in [2.75, 3.05) is 0 Å². The SMILES string of the molecule is CC(=O)Oc1c(Cc2cc(C)cc(C)c2O)cc(C)cc1C(C)(C)C. The predicted molar refractivity (Wildman–Crippen MR) is 102 cm³/mol. The molecule has 1 N–H and O–H groups in total. The zero-order valence-corrected chi connectivity index (χ0v) is 16.3. The highest BCUT2D eigenvalue weighted by atomic mass is 16.5. The fourth-order valence-corrected chi connectivity index (χ4v) is 3.19. The summed E-state index contributed by atoms with van der Waals surface area (Å²) in [6.45, 7) is 13.7. The lowest BCUT2D eigenvalue weighted by molar-refractivity contribution is -0.132. The van der Waals surface area contributed by atoms with E-state index in [9.17, 15) is 9.90 Å². The Kier molecular flexibility index (Phi) is 5.26. The van der Waals surface area contributed by atoms with Crippen molar-refractivity contribution in [3.05, 3.63) is 57.6 Å². The summed E-state index contributed by atoms with van der Waals surface area (Å²) in [6, 6.07) is 8.05. The average molecular weight is 340 g/mol. The molecule has 0 saturated heterocycles. The Labute approximate surface area is 150 Å². The van der Waals surface area contributed by atoms with E-state index in [4.69, 9.17) is 4.74 Å². The number of aryl methyl sites for hydroxylation is 3. The predicted octanol–water partition coefficient (Wildman–Crippen LogP) is 5.13. The number of benzene rings is 2. The van der Waals surface area contributed by atoms with Gasteiger partial charge in [0, 0.05) is 18.9 Å². The number of rotatable bonds is 3. The van der Waals surface area contributed by atoms with Crippen LogP contribution in [0.15, 0.2) is 24.3 Å². The molecular formula is C22H28O3. The minimum absolute atomic E-state index is 0.157. The van der Waals surface area contributed by atoms with Crippen LogP contribution in [0.4, 0.5) is 0 Å². The second-order valence-corrected chi connectivity index (χ2v) is 7.91. The molecule has 25 heavy (non-hydrogen) atoms. The van der Waals surface area contributed by atoms with E-state index in [0.29, 0.717) is 17.9 Å². The minimum atomic E-state index is -0.333. The van der Waals surface area contributed by atoms with Crippen LogP contribution in [-0.4, -0.2) is 11.1 Å². The number of ether oxygens (including phenoxy) is 1. The van der Waals surface area contributed by atoms with Crippen LogP contribution in [0, 0.1) is 20.8 Å². The van der Waals surface area contributed by atoms with E-state index < -0.39 is 0 Å². The number of hydrogen-bond acceptors (Lipinski definition) is 3. The van der Waals surface area contributed by atoms with Crippen LogP contribution in [0.5, 0.6) is 11.5 Å². The molecule has 0 aliphatic carbocycles. The Morgan fingerprint density at radius 3 is 2.12 bits per heavy atom. The third-order valence-corrected chi connectivity index (χ3v) is 4.27. The minimum Gasteiger partial charge on any atom is -0.507 e. The topological polar surface area (TPSA) is 46.5 Å². The van der Waals surface area contributed by atoms with Crippen LogP contribution in [0.25, 0.3) is 0 Å². The van der Waals surface area contributed by atoms with E-state index in [1.165, 1.54) is 6.92 Å². The van der Waals surface area contributed by atoms with Gasteiger partial charge in [0.2, 0.25) is 0 Å². The van der Waals surface area contributed by atoms with Gasteiger partial charge in [0.1, 0.15) is 11.5 Å². The molecule has 0 amide bonds. The maximum absolute atomic E-state index is 11.7. The molecule has 2 aromatic rings. The summed E-state index contributed by atoms with van der Waals surface area (Å²) in [5.74, 6) is 0.586. The van der Waals surface area contributed by atoms with Crippen LogP contribution in [-0.2, 0) is 16.6 Å². The summed E-state index contributed by atoms with van der Waals surface area (Å²) in [7, 11) is 0. The molecule has 0 aromatic heterocycles. The fraction of sp³-hybridized carbons (Fsp3) is 0.409. The second kappa shape index (κ2) is 6.91. The van der Waals surface area contributed by atoms with Crippen LogP contribution in [0.1, 0.15) is 61.1 Å². The van der Waals surface area contributed by atoms with Crippen LogP contribution in [0.2, 0.25) is 0 Å². The van der Waals surface area contributed by atoms with Crippen molar-refractivity contribution in [1.82, 2.24) is 0 Å². The number of carbonyl (C=O) groups is 1. The largest absolute Gasteiger partial charge is 0.507 e. The van der Waals surface area contributed by atoms with Crippen molar-refractivity contribution in [3.8, 4) is 11.5 Å². The maximum Gasteiger partial charge on any atom is 0.308 e. The van der Waals surface area contributed by atoms with Gasteiger partial charge in [0.25, 0.3) is 0 Å². The first-order chi connectivity index (χ1) is 11.5. The van der Waals surface area contributed by atoms with E-state index in [0.717, 1.165) is 33.4 Å². The first-order valence-electron chi connectivity index (χ1n) is 8.60. The van der Waals surface area contributed by atoms with Gasteiger partial charge in [-0.3, -0.25) is 4.79 Å². The van der Waals surface area contributed by atoms with Crippen molar-refractivity contribution in [3.63, 3.8) is 0 Å². The third kappa shape index (κ3) is 4.41. The summed E-state index contributed by atoms with van der Waals surface area (Å²) in [5.41, 5.74) is 5.67. The molecule has 3 heteroatoms. The average Bonchev–Trinajstić information content (AvgIpc) is 2.45. The molecule has 0 unspecified atom stereocenters. The normalized spacial score (nSPS) is 11.5. The lowest BCUT2D eigenvalue weighted by atomic mass is 9.83. The monoisotopic (exact) mass is 340 g/mol. The van der Waals surface area contributed by atoms with Crippen molar-refractivity contribution < 1.29 is 14.6 Å². The maximum atomic E-state index is 11.7. The number of hydrogen-bond donors (Lipinski definition) is 1. The number of phenols is 1. The molecule has 2 rings (SSSR count). The zero-order valence-electron chi connectivity index (χ0n) is 16.3. The standard InChI is InChI=1S/C22H28O3/c1-13-8-15(3)20(24)17(9-13)12-18-10-14(2)11-19(22(5,6)7)21(18)25-16(4)23/h8-11,24H,12H2,1-7H3. The van der Waals surface area contributed by atoms with Gasteiger partial charge < -0.3 is 9.84 Å². The van der Waals surface area contributed by atoms with Crippen molar-refractivity contribution in [2.45, 2.75) is 60.3 Å². The van der Waals surface area contributed by atoms with E-state index >= 15 is 0 Å². The smallest absolute Gasteiger partial charge is 0.308 e. The summed E-state index contributed by atoms with van der Waals surface area (Å²) in [4.78, 5) is 11.7. The molecule has 0 fully saturated rings. The Balaban J connectivity index is 2.64. The summed E-state index contributed by atoms with van der Waals surface area (Å²) >= 11 is 0. The van der Waals surface area contributed by atoms with Gasteiger partial charge >= 0.3 is 5.97 Å². The molecular weight excluding hydrogens is 312 g/mol. The molecule has 134 valence electrons. The molecule has 0 radical (unpaired) electrons. The molecule has 0 aliphatic rings. The first kappa shape index (κ1) is 19.0. The molecule has 0 atom stereocenters. The summed E-state index contributed by atoms with van der Waals surface area (Å²) in [5, 5.41) is 10.4. The zero-order chi connectivity index (χ0) is 18.9. The van der Waals surface area contributed by atoms with E-state index in [1.54, 1.807) is 0 Å². The van der Waals surface area contributed by atoms with E-state index in [2.05, 4.69) is 26.8 Å². The lowest BCUT2D eigenvalue weighted by Gasteiger charge is -2.25. The number of carbonyl (C=O) groups excluding carboxylic acids is 1. The van der Waals surface area contributed by atoms with Gasteiger partial charge in [0.05, 0.1) is 0 Å². The van der Waals surface area contributed by atoms with Crippen molar-refractivity contribution >= 4 is 5.97 Å². The summed E-state index contributed by atoms with van der Waals surface area (Å²) in [6.07, 6.45) is 0.516. The first-order valence-corrected chi connectivity index (χ1v) is 8.60. The highest BCUT2D eigenvalue weighted by Crippen LogP contribution is 2.38. The molecule has 3 nitrogen and oxygen atoms in total. The van der Waals surface area contributed by atoms with Gasteiger partial charge in [-0.1, -0.05) is 56.2 Å². The Morgan fingerprint density at radius 2 is 1.56 bits per heavy atom. The fourth-order valence-electron chi connectivity index (χ4n) is 3.19. The van der Waals surface area contributed by atoms with Crippen LogP contribution >= 0.6 is 0 Å². The van der Waals surface area contributed by atoms with Gasteiger partial charge in [-0.2, -0.15) is 0 Å². The Bertz CT molecular complexity index is 811. The Hall–Kier alpha value is -2.29. The van der Waals surface area contributed by atoms with Gasteiger partial charge in [-0.25, -0.2) is 0 Å². The van der Waals surface area contributed by atoms with Crippen molar-refractivity contribution in [1.29, 1.82) is 0 Å². The highest BCUT2D eigenvalue weighted by Gasteiger charge is 2.24. The quantitative estimate of drug-likeness (QED) is 0.622. The molecule has 0 bridgehead atoms. The molecule has 0 aliphatic heterocycles. The number of phenolic OH excluding ortho intramolecular Hbond substituents is 1. The highest BCUT2D eigenvalue weighted by molar-refractivity contribution is 5.71. The molecule has 2 aromatic carbocycles. The number of aromatic hydroxyl groups is 1. The van der Waals surface area contributed by atoms with Gasteiger partial charge in [0.15, 0.2) is 0 Å². The molecule has 0 heterocycles. The third-order valence-electron chi connectivity index (χ3n) is 4.27.